The molecule has 0 amide bonds. The highest BCUT2D eigenvalue weighted by Crippen LogP contribution is 2.26. The van der Waals surface area contributed by atoms with Gasteiger partial charge in [-0.25, -0.2) is 0 Å². The minimum atomic E-state index is -0.733. The number of aliphatic carboxylic acids is 1. The lowest BCUT2D eigenvalue weighted by Gasteiger charge is -2.26. The smallest absolute Gasteiger partial charge is 0.308 e. The van der Waals surface area contributed by atoms with Crippen molar-refractivity contribution in [3.63, 3.8) is 0 Å². The Morgan fingerprint density at radius 3 is 2.13 bits per heavy atom. The number of carboxylic acids is 1. The maximum absolute atomic E-state index is 11.3. The summed E-state index contributed by atoms with van der Waals surface area (Å²) in [5.74, 6) is -1.28. The van der Waals surface area contributed by atoms with Crippen molar-refractivity contribution in [3.05, 3.63) is 0 Å². The van der Waals surface area contributed by atoms with Gasteiger partial charge in [-0.05, 0) is 25.7 Å². The number of esters is 1. The summed E-state index contributed by atoms with van der Waals surface area (Å²) in [6.45, 7) is 3.59. The molecule has 0 aromatic heterocycles. The van der Waals surface area contributed by atoms with E-state index in [0.29, 0.717) is 25.7 Å². The maximum Gasteiger partial charge on any atom is 0.308 e. The molecule has 1 aliphatic carbocycles. The maximum atomic E-state index is 11.3. The van der Waals surface area contributed by atoms with E-state index < -0.39 is 5.97 Å². The largest absolute Gasteiger partial charge is 0.481 e. The first kappa shape index (κ1) is 12.0. The fourth-order valence-corrected chi connectivity index (χ4v) is 1.73. The molecule has 86 valence electrons. The summed E-state index contributed by atoms with van der Waals surface area (Å²) < 4.78 is 5.25. The van der Waals surface area contributed by atoms with Gasteiger partial charge in [0, 0.05) is 0 Å². The third-order valence-electron chi connectivity index (χ3n) is 2.78. The minimum absolute atomic E-state index is 0.0736. The van der Waals surface area contributed by atoms with Crippen molar-refractivity contribution in [1.82, 2.24) is 0 Å². The number of carbonyl (C=O) groups is 2. The van der Waals surface area contributed by atoms with Crippen LogP contribution < -0.4 is 0 Å². The molecule has 4 nitrogen and oxygen atoms in total. The van der Waals surface area contributed by atoms with E-state index in [1.54, 1.807) is 13.8 Å². The Morgan fingerprint density at radius 1 is 1.20 bits per heavy atom. The Hall–Kier alpha value is -1.06. The monoisotopic (exact) mass is 214 g/mol. The molecular formula is C11H18O4. The lowest BCUT2D eigenvalue weighted by Crippen LogP contribution is -2.29. The van der Waals surface area contributed by atoms with Crippen LogP contribution in [-0.2, 0) is 14.3 Å². The van der Waals surface area contributed by atoms with E-state index in [9.17, 15) is 9.59 Å². The normalized spacial score (nSPS) is 26.3. The van der Waals surface area contributed by atoms with E-state index in [1.165, 1.54) is 0 Å². The molecule has 0 spiro atoms. The van der Waals surface area contributed by atoms with Crippen LogP contribution in [0, 0.1) is 11.8 Å². The minimum Gasteiger partial charge on any atom is -0.481 e. The molecule has 4 heteroatoms. The van der Waals surface area contributed by atoms with Crippen molar-refractivity contribution in [2.75, 3.05) is 0 Å². The van der Waals surface area contributed by atoms with Crippen molar-refractivity contribution in [2.24, 2.45) is 11.8 Å². The molecule has 1 N–H and O–H groups in total. The van der Waals surface area contributed by atoms with Gasteiger partial charge in [0.05, 0.1) is 11.8 Å². The molecule has 1 rings (SSSR count). The zero-order valence-corrected chi connectivity index (χ0v) is 9.23. The lowest BCUT2D eigenvalue weighted by molar-refractivity contribution is -0.155. The first-order valence-corrected chi connectivity index (χ1v) is 5.44. The van der Waals surface area contributed by atoms with Crippen LogP contribution in [0.3, 0.4) is 0 Å². The molecule has 0 aromatic carbocycles. The highest BCUT2D eigenvalue weighted by atomic mass is 16.5. The second-order valence-electron chi connectivity index (χ2n) is 4.40. The van der Waals surface area contributed by atoms with Crippen LogP contribution in [0.2, 0.25) is 0 Å². The van der Waals surface area contributed by atoms with Gasteiger partial charge in [-0.15, -0.1) is 0 Å². The van der Waals surface area contributed by atoms with E-state index in [1.807, 2.05) is 0 Å². The number of hydrogen-bond donors (Lipinski definition) is 1. The zero-order valence-electron chi connectivity index (χ0n) is 9.23. The summed E-state index contributed by atoms with van der Waals surface area (Å²) in [6, 6.07) is 0. The number of hydrogen-bond acceptors (Lipinski definition) is 3. The summed E-state index contributed by atoms with van der Waals surface area (Å²) in [7, 11) is 0. The third kappa shape index (κ3) is 3.53. The molecule has 0 aliphatic heterocycles. The zero-order chi connectivity index (χ0) is 11.4. The van der Waals surface area contributed by atoms with Crippen molar-refractivity contribution >= 4 is 11.9 Å². The molecule has 0 heterocycles. The number of carbonyl (C=O) groups excluding carboxylic acids is 1. The molecule has 15 heavy (non-hydrogen) atoms. The molecule has 0 saturated heterocycles. The predicted molar refractivity (Wildman–Crippen MR) is 54.3 cm³/mol. The molecule has 1 saturated carbocycles. The molecule has 1 aliphatic rings. The SMILES string of the molecule is CC(C)C(=O)OC1CCC(C(=O)O)CC1. The molecular weight excluding hydrogens is 196 g/mol. The van der Waals surface area contributed by atoms with Gasteiger partial charge in [-0.1, -0.05) is 13.8 Å². The Kier molecular flexibility index (Phi) is 4.12. The number of rotatable bonds is 3. The Bertz CT molecular complexity index is 239. The molecule has 0 aromatic rings. The molecule has 0 atom stereocenters. The van der Waals surface area contributed by atoms with Crippen LogP contribution in [0.15, 0.2) is 0 Å². The fourth-order valence-electron chi connectivity index (χ4n) is 1.73. The van der Waals surface area contributed by atoms with Gasteiger partial charge in [0.1, 0.15) is 6.10 Å². The average Bonchev–Trinajstić information content (AvgIpc) is 2.18. The van der Waals surface area contributed by atoms with Gasteiger partial charge in [0.15, 0.2) is 0 Å². The van der Waals surface area contributed by atoms with Gasteiger partial charge < -0.3 is 9.84 Å². The van der Waals surface area contributed by atoms with Gasteiger partial charge in [-0.3, -0.25) is 9.59 Å². The van der Waals surface area contributed by atoms with Crippen molar-refractivity contribution in [2.45, 2.75) is 45.6 Å². The Balaban J connectivity index is 2.32. The van der Waals surface area contributed by atoms with Crippen molar-refractivity contribution in [1.29, 1.82) is 0 Å². The van der Waals surface area contributed by atoms with Crippen LogP contribution in [0.5, 0.6) is 0 Å². The van der Waals surface area contributed by atoms with Crippen LogP contribution in [0.1, 0.15) is 39.5 Å². The fraction of sp³-hybridized carbons (Fsp3) is 0.818. The summed E-state index contributed by atoms with van der Waals surface area (Å²) in [5, 5.41) is 8.79. The lowest BCUT2D eigenvalue weighted by atomic mass is 9.87. The predicted octanol–water partition coefficient (Wildman–Crippen LogP) is 1.83. The molecule has 0 bridgehead atoms. The van der Waals surface area contributed by atoms with Crippen LogP contribution in [-0.4, -0.2) is 23.1 Å². The molecule has 0 radical (unpaired) electrons. The summed E-state index contributed by atoms with van der Waals surface area (Å²) in [6.07, 6.45) is 2.51. The third-order valence-corrected chi connectivity index (χ3v) is 2.78. The highest BCUT2D eigenvalue weighted by molar-refractivity contribution is 5.72. The molecule has 0 unspecified atom stereocenters. The number of carboxylic acid groups (broad SMARTS) is 1. The van der Waals surface area contributed by atoms with E-state index in [4.69, 9.17) is 9.84 Å². The van der Waals surface area contributed by atoms with Gasteiger partial charge in [0.2, 0.25) is 0 Å². The van der Waals surface area contributed by atoms with Gasteiger partial charge in [-0.2, -0.15) is 0 Å². The molecule has 1 fully saturated rings. The quantitative estimate of drug-likeness (QED) is 0.728. The van der Waals surface area contributed by atoms with Crippen molar-refractivity contribution in [3.8, 4) is 0 Å². The second-order valence-corrected chi connectivity index (χ2v) is 4.40. The summed E-state index contributed by atoms with van der Waals surface area (Å²) in [4.78, 5) is 22.0. The van der Waals surface area contributed by atoms with Gasteiger partial charge in [0.25, 0.3) is 0 Å². The summed E-state index contributed by atoms with van der Waals surface area (Å²) in [5.41, 5.74) is 0. The highest BCUT2D eigenvalue weighted by Gasteiger charge is 2.28. The topological polar surface area (TPSA) is 63.6 Å². The Labute approximate surface area is 89.6 Å². The van der Waals surface area contributed by atoms with Crippen LogP contribution in [0.4, 0.5) is 0 Å². The van der Waals surface area contributed by atoms with Gasteiger partial charge >= 0.3 is 11.9 Å². The average molecular weight is 214 g/mol. The van der Waals surface area contributed by atoms with E-state index >= 15 is 0 Å². The van der Waals surface area contributed by atoms with Crippen LogP contribution >= 0.6 is 0 Å². The van der Waals surface area contributed by atoms with Crippen LogP contribution in [0.25, 0.3) is 0 Å². The first-order chi connectivity index (χ1) is 7.00. The van der Waals surface area contributed by atoms with E-state index in [0.717, 1.165) is 0 Å². The van der Waals surface area contributed by atoms with E-state index in [-0.39, 0.29) is 23.9 Å². The summed E-state index contributed by atoms with van der Waals surface area (Å²) >= 11 is 0. The standard InChI is InChI=1S/C11H18O4/c1-7(2)11(14)15-9-5-3-8(4-6-9)10(12)13/h7-9H,3-6H2,1-2H3,(H,12,13). The Morgan fingerprint density at radius 2 is 1.73 bits per heavy atom. The van der Waals surface area contributed by atoms with Crippen molar-refractivity contribution < 1.29 is 19.4 Å². The first-order valence-electron chi connectivity index (χ1n) is 5.44. The number of ether oxygens (including phenoxy) is 1. The van der Waals surface area contributed by atoms with E-state index in [2.05, 4.69) is 0 Å². The second kappa shape index (κ2) is 5.14.